The number of hydrogen-bond acceptors (Lipinski definition) is 7. The van der Waals surface area contributed by atoms with Crippen LogP contribution in [0, 0.1) is 10.1 Å². The summed E-state index contributed by atoms with van der Waals surface area (Å²) in [6.07, 6.45) is 0. The largest absolute Gasteiger partial charge is 0.465 e. The predicted molar refractivity (Wildman–Crippen MR) is 87.2 cm³/mol. The van der Waals surface area contributed by atoms with Crippen LogP contribution in [0.1, 0.15) is 10.4 Å². The normalized spacial score (nSPS) is 10.0. The van der Waals surface area contributed by atoms with Crippen LogP contribution in [0.25, 0.3) is 0 Å². The maximum Gasteiger partial charge on any atom is 0.337 e. The fourth-order valence-corrected chi connectivity index (χ4v) is 2.60. The minimum Gasteiger partial charge on any atom is -0.465 e. The summed E-state index contributed by atoms with van der Waals surface area (Å²) in [5.74, 6) is -0.844. The fraction of sp³-hybridized carbons (Fsp3) is 0.125. The van der Waals surface area contributed by atoms with Crippen molar-refractivity contribution in [3.8, 4) is 5.75 Å². The third kappa shape index (κ3) is 4.56. The number of carbonyl (C=O) groups excluding carboxylic acids is 2. The molecule has 8 heteroatoms. The Morgan fingerprint density at radius 3 is 2.42 bits per heavy atom. The zero-order valence-corrected chi connectivity index (χ0v) is 13.4. The van der Waals surface area contributed by atoms with E-state index in [1.807, 2.05) is 0 Å². The van der Waals surface area contributed by atoms with Gasteiger partial charge in [0.1, 0.15) is 5.75 Å². The van der Waals surface area contributed by atoms with Crippen LogP contribution in [0.2, 0.25) is 0 Å². The molecule has 7 nitrogen and oxygen atoms in total. The Morgan fingerprint density at radius 2 is 1.79 bits per heavy atom. The molecular weight excluding hydrogens is 334 g/mol. The van der Waals surface area contributed by atoms with Crippen molar-refractivity contribution in [1.82, 2.24) is 0 Å². The second-order valence-corrected chi connectivity index (χ2v) is 5.52. The first-order valence-corrected chi connectivity index (χ1v) is 7.75. The number of nitro benzene ring substituents is 1. The molecule has 0 aliphatic rings. The molecule has 0 heterocycles. The number of benzene rings is 2. The Kier molecular flexibility index (Phi) is 5.91. The molecule has 0 amide bonds. The van der Waals surface area contributed by atoms with Gasteiger partial charge in [0.05, 0.1) is 28.2 Å². The number of hydrogen-bond donors (Lipinski definition) is 0. The summed E-state index contributed by atoms with van der Waals surface area (Å²) in [6.45, 7) is 0. The van der Waals surface area contributed by atoms with Gasteiger partial charge in [0, 0.05) is 6.07 Å². The SMILES string of the molecule is COC(=O)c1ccc(OC(=O)CSc2ccccc2[N+](=O)[O-])cc1. The minimum absolute atomic E-state index is 0.0577. The Balaban J connectivity index is 1.94. The van der Waals surface area contributed by atoms with Crippen molar-refractivity contribution in [2.24, 2.45) is 0 Å². The van der Waals surface area contributed by atoms with Gasteiger partial charge in [-0.15, -0.1) is 11.8 Å². The molecule has 0 unspecified atom stereocenters. The maximum atomic E-state index is 11.8. The number of methoxy groups -OCH3 is 1. The number of ether oxygens (including phenoxy) is 2. The third-order valence-electron chi connectivity index (χ3n) is 2.91. The Labute approximate surface area is 141 Å². The molecule has 0 aromatic heterocycles. The lowest BCUT2D eigenvalue weighted by Crippen LogP contribution is -2.11. The molecule has 0 N–H and O–H groups in total. The quantitative estimate of drug-likeness (QED) is 0.260. The molecule has 0 spiro atoms. The summed E-state index contributed by atoms with van der Waals surface area (Å²) in [4.78, 5) is 33.9. The van der Waals surface area contributed by atoms with Crippen molar-refractivity contribution in [1.29, 1.82) is 0 Å². The molecule has 24 heavy (non-hydrogen) atoms. The summed E-state index contributed by atoms with van der Waals surface area (Å²) in [5, 5.41) is 10.9. The molecule has 0 fully saturated rings. The lowest BCUT2D eigenvalue weighted by atomic mass is 10.2. The van der Waals surface area contributed by atoms with Crippen molar-refractivity contribution in [3.05, 3.63) is 64.2 Å². The van der Waals surface area contributed by atoms with Gasteiger partial charge in [0.2, 0.25) is 0 Å². The Morgan fingerprint density at radius 1 is 1.12 bits per heavy atom. The summed E-state index contributed by atoms with van der Waals surface area (Å²) in [7, 11) is 1.27. The Bertz CT molecular complexity index is 759. The topological polar surface area (TPSA) is 95.7 Å². The second-order valence-electron chi connectivity index (χ2n) is 4.50. The summed E-state index contributed by atoms with van der Waals surface area (Å²) < 4.78 is 9.69. The number of thioether (sulfide) groups is 1. The number of nitrogens with zero attached hydrogens (tertiary/aromatic N) is 1. The maximum absolute atomic E-state index is 11.8. The van der Waals surface area contributed by atoms with Gasteiger partial charge in [-0.05, 0) is 30.3 Å². The highest BCUT2D eigenvalue weighted by atomic mass is 32.2. The highest BCUT2D eigenvalue weighted by Crippen LogP contribution is 2.28. The standard InChI is InChI=1S/C16H13NO6S/c1-22-16(19)11-6-8-12(9-7-11)23-15(18)10-24-14-5-3-2-4-13(14)17(20)21/h2-9H,10H2,1H3. The van der Waals surface area contributed by atoms with Crippen LogP contribution in [-0.2, 0) is 9.53 Å². The van der Waals surface area contributed by atoms with Crippen LogP contribution in [0.4, 0.5) is 5.69 Å². The highest BCUT2D eigenvalue weighted by molar-refractivity contribution is 8.00. The van der Waals surface area contributed by atoms with Crippen LogP contribution in [0.15, 0.2) is 53.4 Å². The van der Waals surface area contributed by atoms with E-state index < -0.39 is 16.9 Å². The van der Waals surface area contributed by atoms with Gasteiger partial charge in [-0.2, -0.15) is 0 Å². The average Bonchev–Trinajstić information content (AvgIpc) is 2.60. The molecule has 0 radical (unpaired) electrons. The molecule has 124 valence electrons. The molecule has 2 rings (SSSR count). The van der Waals surface area contributed by atoms with E-state index in [0.29, 0.717) is 10.5 Å². The van der Waals surface area contributed by atoms with E-state index >= 15 is 0 Å². The fourth-order valence-electron chi connectivity index (χ4n) is 1.80. The number of para-hydroxylation sites is 1. The van der Waals surface area contributed by atoms with E-state index in [0.717, 1.165) is 11.8 Å². The molecule has 2 aromatic carbocycles. The predicted octanol–water partition coefficient (Wildman–Crippen LogP) is 3.08. The van der Waals surface area contributed by atoms with Crippen molar-refractivity contribution in [2.45, 2.75) is 4.90 Å². The first kappa shape index (κ1) is 17.5. The monoisotopic (exact) mass is 347 g/mol. The van der Waals surface area contributed by atoms with Crippen LogP contribution < -0.4 is 4.74 Å². The molecular formula is C16H13NO6S. The van der Waals surface area contributed by atoms with E-state index in [2.05, 4.69) is 4.74 Å². The van der Waals surface area contributed by atoms with Crippen molar-refractivity contribution >= 4 is 29.4 Å². The van der Waals surface area contributed by atoms with Gasteiger partial charge in [-0.25, -0.2) is 4.79 Å². The van der Waals surface area contributed by atoms with E-state index in [-0.39, 0.29) is 17.2 Å². The molecule has 0 aliphatic heterocycles. The van der Waals surface area contributed by atoms with Gasteiger partial charge in [-0.1, -0.05) is 12.1 Å². The molecule has 0 aliphatic carbocycles. The zero-order chi connectivity index (χ0) is 17.5. The van der Waals surface area contributed by atoms with Crippen LogP contribution in [-0.4, -0.2) is 29.7 Å². The van der Waals surface area contributed by atoms with Gasteiger partial charge in [-0.3, -0.25) is 14.9 Å². The van der Waals surface area contributed by atoms with Crippen molar-refractivity contribution < 1.29 is 24.0 Å². The van der Waals surface area contributed by atoms with Crippen LogP contribution >= 0.6 is 11.8 Å². The molecule has 0 atom stereocenters. The molecule has 0 bridgehead atoms. The van der Waals surface area contributed by atoms with Gasteiger partial charge < -0.3 is 9.47 Å². The lowest BCUT2D eigenvalue weighted by molar-refractivity contribution is -0.387. The zero-order valence-electron chi connectivity index (χ0n) is 12.6. The molecule has 0 saturated carbocycles. The van der Waals surface area contributed by atoms with Gasteiger partial charge >= 0.3 is 11.9 Å². The first-order valence-electron chi connectivity index (χ1n) is 6.76. The number of esters is 2. The van der Waals surface area contributed by atoms with E-state index in [1.165, 1.54) is 37.4 Å². The van der Waals surface area contributed by atoms with Crippen molar-refractivity contribution in [3.63, 3.8) is 0 Å². The molecule has 2 aromatic rings. The van der Waals surface area contributed by atoms with Gasteiger partial charge in [0.15, 0.2) is 0 Å². The summed E-state index contributed by atoms with van der Waals surface area (Å²) in [6, 6.07) is 12.1. The third-order valence-corrected chi connectivity index (χ3v) is 3.95. The average molecular weight is 347 g/mol. The van der Waals surface area contributed by atoms with E-state index in [1.54, 1.807) is 18.2 Å². The minimum atomic E-state index is -0.552. The van der Waals surface area contributed by atoms with Gasteiger partial charge in [0.25, 0.3) is 5.69 Å². The number of rotatable bonds is 6. The van der Waals surface area contributed by atoms with E-state index in [4.69, 9.17) is 4.74 Å². The Hall–Kier alpha value is -2.87. The summed E-state index contributed by atoms with van der Waals surface area (Å²) in [5.41, 5.74) is 0.282. The second kappa shape index (κ2) is 8.11. The smallest absolute Gasteiger partial charge is 0.337 e. The number of nitro groups is 1. The summed E-state index contributed by atoms with van der Waals surface area (Å²) >= 11 is 1.02. The van der Waals surface area contributed by atoms with Crippen LogP contribution in [0.3, 0.4) is 0 Å². The van der Waals surface area contributed by atoms with Crippen LogP contribution in [0.5, 0.6) is 5.75 Å². The lowest BCUT2D eigenvalue weighted by Gasteiger charge is -2.05. The number of carbonyl (C=O) groups is 2. The molecule has 0 saturated heterocycles. The van der Waals surface area contributed by atoms with Crippen molar-refractivity contribution in [2.75, 3.05) is 12.9 Å². The first-order chi connectivity index (χ1) is 11.5. The highest BCUT2D eigenvalue weighted by Gasteiger charge is 2.15. The van der Waals surface area contributed by atoms with E-state index in [9.17, 15) is 19.7 Å².